The molecule has 0 atom stereocenters. The van der Waals surface area contributed by atoms with Crippen LogP contribution in [-0.4, -0.2) is 25.9 Å². The van der Waals surface area contributed by atoms with Crippen LogP contribution < -0.4 is 10.5 Å². The van der Waals surface area contributed by atoms with Crippen molar-refractivity contribution in [2.24, 2.45) is 5.73 Å². The van der Waals surface area contributed by atoms with E-state index in [-0.39, 0.29) is 11.0 Å². The number of ether oxygens (including phenoxy) is 2. The molecule has 2 N–H and O–H groups in total. The lowest BCUT2D eigenvalue weighted by Gasteiger charge is -2.52. The van der Waals surface area contributed by atoms with Crippen LogP contribution in [0.15, 0.2) is 6.07 Å². The predicted molar refractivity (Wildman–Crippen MR) is 78.0 cm³/mol. The Morgan fingerprint density at radius 1 is 1.21 bits per heavy atom. The molecule has 0 bridgehead atoms. The van der Waals surface area contributed by atoms with Crippen LogP contribution in [0.2, 0.25) is 0 Å². The number of rotatable bonds is 3. The second-order valence-corrected chi connectivity index (χ2v) is 6.34. The Morgan fingerprint density at radius 3 is 2.16 bits per heavy atom. The molecule has 1 saturated heterocycles. The van der Waals surface area contributed by atoms with Gasteiger partial charge in [0.25, 0.3) is 0 Å². The summed E-state index contributed by atoms with van der Waals surface area (Å²) >= 11 is 0. The quantitative estimate of drug-likeness (QED) is 0.911. The molecule has 1 aliphatic heterocycles. The van der Waals surface area contributed by atoms with Crippen LogP contribution >= 0.6 is 0 Å². The van der Waals surface area contributed by atoms with Crippen molar-refractivity contribution in [3.8, 4) is 5.75 Å². The summed E-state index contributed by atoms with van der Waals surface area (Å²) in [5.41, 5.74) is 10.9. The van der Waals surface area contributed by atoms with Crippen molar-refractivity contribution in [2.45, 2.75) is 45.6 Å². The second-order valence-electron chi connectivity index (χ2n) is 6.34. The van der Waals surface area contributed by atoms with Crippen molar-refractivity contribution in [2.75, 3.05) is 20.3 Å². The van der Waals surface area contributed by atoms with Crippen LogP contribution in [0.4, 0.5) is 0 Å². The average Bonchev–Trinajstić information content (AvgIpc) is 2.22. The third kappa shape index (κ3) is 1.96. The predicted octanol–water partition coefficient (Wildman–Crippen LogP) is 2.63. The summed E-state index contributed by atoms with van der Waals surface area (Å²) in [5, 5.41) is 0. The molecule has 1 fully saturated rings. The summed E-state index contributed by atoms with van der Waals surface area (Å²) < 4.78 is 11.2. The summed E-state index contributed by atoms with van der Waals surface area (Å²) in [6.07, 6.45) is 0. The van der Waals surface area contributed by atoms with E-state index >= 15 is 0 Å². The number of hydrogen-bond acceptors (Lipinski definition) is 3. The third-order valence-corrected chi connectivity index (χ3v) is 4.60. The van der Waals surface area contributed by atoms with E-state index in [1.54, 1.807) is 7.11 Å². The Balaban J connectivity index is 2.71. The highest BCUT2D eigenvalue weighted by Gasteiger charge is 2.52. The van der Waals surface area contributed by atoms with Gasteiger partial charge >= 0.3 is 0 Å². The van der Waals surface area contributed by atoms with Crippen LogP contribution in [0.25, 0.3) is 0 Å². The van der Waals surface area contributed by atoms with Gasteiger partial charge in [-0.2, -0.15) is 0 Å². The standard InChI is InChI=1S/C16H25NO2/c1-10-7-11(2)13(14(18-6)12(10)3)16(8-19-9-16)15(4,5)17/h7H,8-9,17H2,1-6H3. The lowest BCUT2D eigenvalue weighted by atomic mass is 9.64. The summed E-state index contributed by atoms with van der Waals surface area (Å²) in [6, 6.07) is 2.22. The van der Waals surface area contributed by atoms with Crippen molar-refractivity contribution in [3.63, 3.8) is 0 Å². The van der Waals surface area contributed by atoms with Crippen molar-refractivity contribution < 1.29 is 9.47 Å². The van der Waals surface area contributed by atoms with Crippen molar-refractivity contribution >= 4 is 0 Å². The fraction of sp³-hybridized carbons (Fsp3) is 0.625. The monoisotopic (exact) mass is 263 g/mol. The molecule has 0 saturated carbocycles. The molecule has 3 heteroatoms. The van der Waals surface area contributed by atoms with Crippen molar-refractivity contribution in [3.05, 3.63) is 28.3 Å². The van der Waals surface area contributed by atoms with Crippen LogP contribution in [0.1, 0.15) is 36.1 Å². The average molecular weight is 263 g/mol. The first kappa shape index (κ1) is 14.4. The molecule has 1 aromatic carbocycles. The van der Waals surface area contributed by atoms with E-state index in [9.17, 15) is 0 Å². The van der Waals surface area contributed by atoms with Crippen molar-refractivity contribution in [1.82, 2.24) is 0 Å². The molecule has 3 nitrogen and oxygen atoms in total. The van der Waals surface area contributed by atoms with E-state index in [4.69, 9.17) is 15.2 Å². The normalized spacial score (nSPS) is 18.1. The van der Waals surface area contributed by atoms with Gasteiger partial charge in [0.15, 0.2) is 0 Å². The van der Waals surface area contributed by atoms with Gasteiger partial charge in [-0.25, -0.2) is 0 Å². The molecular weight excluding hydrogens is 238 g/mol. The number of benzene rings is 1. The van der Waals surface area contributed by atoms with Crippen molar-refractivity contribution in [1.29, 1.82) is 0 Å². The van der Waals surface area contributed by atoms with E-state index < -0.39 is 0 Å². The van der Waals surface area contributed by atoms with Gasteiger partial charge in [-0.3, -0.25) is 0 Å². The molecule has 2 rings (SSSR count). The van der Waals surface area contributed by atoms with Gasteiger partial charge < -0.3 is 15.2 Å². The first-order valence-corrected chi connectivity index (χ1v) is 6.76. The molecule has 0 radical (unpaired) electrons. The number of nitrogens with two attached hydrogens (primary N) is 1. The molecule has 0 amide bonds. The maximum Gasteiger partial charge on any atom is 0.126 e. The number of hydrogen-bond donors (Lipinski definition) is 1. The fourth-order valence-corrected chi connectivity index (χ4v) is 3.05. The van der Waals surface area contributed by atoms with Crippen LogP contribution in [0, 0.1) is 20.8 Å². The molecule has 0 aliphatic carbocycles. The van der Waals surface area contributed by atoms with Gasteiger partial charge in [0.2, 0.25) is 0 Å². The van der Waals surface area contributed by atoms with Crippen LogP contribution in [0.5, 0.6) is 5.75 Å². The summed E-state index contributed by atoms with van der Waals surface area (Å²) in [6.45, 7) is 11.8. The summed E-state index contributed by atoms with van der Waals surface area (Å²) in [4.78, 5) is 0. The van der Waals surface area contributed by atoms with E-state index in [1.807, 2.05) is 0 Å². The molecule has 0 aromatic heterocycles. The maximum absolute atomic E-state index is 6.45. The SMILES string of the molecule is COc1c(C)c(C)cc(C)c1C1(C(C)(C)N)COC1. The van der Waals surface area contributed by atoms with Crippen LogP contribution in [-0.2, 0) is 10.2 Å². The molecule has 19 heavy (non-hydrogen) atoms. The fourth-order valence-electron chi connectivity index (χ4n) is 3.05. The molecule has 1 heterocycles. The summed E-state index contributed by atoms with van der Waals surface area (Å²) in [5.74, 6) is 0.972. The van der Waals surface area contributed by atoms with E-state index in [0.29, 0.717) is 13.2 Å². The smallest absolute Gasteiger partial charge is 0.126 e. The molecule has 0 unspecified atom stereocenters. The third-order valence-electron chi connectivity index (χ3n) is 4.60. The zero-order valence-electron chi connectivity index (χ0n) is 12.9. The lowest BCUT2D eigenvalue weighted by molar-refractivity contribution is -0.0930. The Hall–Kier alpha value is -1.06. The molecule has 106 valence electrons. The van der Waals surface area contributed by atoms with E-state index in [1.165, 1.54) is 22.3 Å². The summed E-state index contributed by atoms with van der Waals surface area (Å²) in [7, 11) is 1.74. The van der Waals surface area contributed by atoms with Gasteiger partial charge in [-0.15, -0.1) is 0 Å². The first-order chi connectivity index (χ1) is 8.74. The van der Waals surface area contributed by atoms with Gasteiger partial charge in [0, 0.05) is 11.1 Å². The Morgan fingerprint density at radius 2 is 1.79 bits per heavy atom. The van der Waals surface area contributed by atoms with Gasteiger partial charge in [0.1, 0.15) is 5.75 Å². The minimum atomic E-state index is -0.342. The lowest BCUT2D eigenvalue weighted by Crippen LogP contribution is -2.65. The minimum Gasteiger partial charge on any atom is -0.496 e. The Bertz CT molecular complexity index is 496. The highest BCUT2D eigenvalue weighted by atomic mass is 16.5. The van der Waals surface area contributed by atoms with Gasteiger partial charge in [-0.1, -0.05) is 6.07 Å². The second kappa shape index (κ2) is 4.50. The number of methoxy groups -OCH3 is 1. The topological polar surface area (TPSA) is 44.5 Å². The zero-order chi connectivity index (χ0) is 14.4. The van der Waals surface area contributed by atoms with E-state index in [2.05, 4.69) is 40.7 Å². The van der Waals surface area contributed by atoms with Gasteiger partial charge in [-0.05, 0) is 51.3 Å². The Labute approximate surface area is 116 Å². The minimum absolute atomic E-state index is 0.152. The number of aryl methyl sites for hydroxylation is 2. The highest BCUT2D eigenvalue weighted by molar-refractivity contribution is 5.55. The zero-order valence-corrected chi connectivity index (χ0v) is 12.9. The largest absolute Gasteiger partial charge is 0.496 e. The highest BCUT2D eigenvalue weighted by Crippen LogP contribution is 2.47. The molecule has 1 aliphatic rings. The van der Waals surface area contributed by atoms with Crippen LogP contribution in [0.3, 0.4) is 0 Å². The maximum atomic E-state index is 6.45. The molecule has 0 spiro atoms. The Kier molecular flexibility index (Phi) is 3.40. The first-order valence-electron chi connectivity index (χ1n) is 6.76. The van der Waals surface area contributed by atoms with Gasteiger partial charge in [0.05, 0.1) is 25.7 Å². The molecule has 1 aromatic rings. The molecular formula is C16H25NO2. The van der Waals surface area contributed by atoms with E-state index in [0.717, 1.165) is 5.75 Å².